The third kappa shape index (κ3) is 6.29. The summed E-state index contributed by atoms with van der Waals surface area (Å²) in [7, 11) is 0. The van der Waals surface area contributed by atoms with E-state index >= 15 is 0 Å². The molecule has 0 spiro atoms. The Morgan fingerprint density at radius 1 is 0.889 bits per heavy atom. The number of rotatable bonds is 6. The van der Waals surface area contributed by atoms with E-state index in [0.717, 1.165) is 23.4 Å². The predicted molar refractivity (Wildman–Crippen MR) is 115 cm³/mol. The first-order valence-corrected chi connectivity index (χ1v) is 10.8. The van der Waals surface area contributed by atoms with Crippen molar-refractivity contribution in [2.45, 2.75) is 64.1 Å². The number of ether oxygens (including phenoxy) is 1. The monoisotopic (exact) mass is 425 g/mol. The van der Waals surface area contributed by atoms with E-state index in [2.05, 4.69) is 5.32 Å². The molecule has 0 atom stereocenters. The molecule has 0 saturated heterocycles. The number of hydrogen-bond donors (Lipinski definition) is 1. The van der Waals surface area contributed by atoms with Gasteiger partial charge in [-0.3, -0.25) is 0 Å². The van der Waals surface area contributed by atoms with Crippen molar-refractivity contribution < 1.29 is 4.74 Å². The molecule has 1 saturated carbocycles. The molecule has 0 amide bonds. The smallest absolute Gasteiger partial charge is 0.124 e. The first-order valence-electron chi connectivity index (χ1n) is 9.71. The molecule has 0 radical (unpaired) electrons. The third-order valence-corrected chi connectivity index (χ3v) is 6.09. The van der Waals surface area contributed by atoms with Crippen LogP contribution in [0.4, 0.5) is 0 Å². The van der Waals surface area contributed by atoms with Crippen LogP contribution in [0.5, 0.6) is 5.75 Å². The zero-order valence-electron chi connectivity index (χ0n) is 15.4. The van der Waals surface area contributed by atoms with Gasteiger partial charge >= 0.3 is 0 Å². The van der Waals surface area contributed by atoms with Crippen LogP contribution < -0.4 is 10.1 Å². The van der Waals surface area contributed by atoms with E-state index in [4.69, 9.17) is 39.5 Å². The van der Waals surface area contributed by atoms with Crippen LogP contribution in [0.3, 0.4) is 0 Å². The standard InChI is InChI=1S/C22H26Cl3NO/c23-17-11-12-22(27-15-19-20(24)9-6-10-21(19)25)16(13-17)14-26-18-7-4-2-1-3-5-8-18/h6,9-13,18,26H,1-5,7-8,14-15H2. The van der Waals surface area contributed by atoms with Gasteiger partial charge < -0.3 is 10.1 Å². The van der Waals surface area contributed by atoms with E-state index in [9.17, 15) is 0 Å². The lowest BCUT2D eigenvalue weighted by Gasteiger charge is -2.22. The van der Waals surface area contributed by atoms with Crippen LogP contribution >= 0.6 is 34.8 Å². The van der Waals surface area contributed by atoms with Crippen LogP contribution in [0.2, 0.25) is 15.1 Å². The van der Waals surface area contributed by atoms with Gasteiger partial charge in [0.2, 0.25) is 0 Å². The largest absolute Gasteiger partial charge is 0.488 e. The summed E-state index contributed by atoms with van der Waals surface area (Å²) in [4.78, 5) is 0. The summed E-state index contributed by atoms with van der Waals surface area (Å²) in [6.07, 6.45) is 9.18. The number of halogens is 3. The topological polar surface area (TPSA) is 21.3 Å². The fraction of sp³-hybridized carbons (Fsp3) is 0.455. The quantitative estimate of drug-likeness (QED) is 0.518. The van der Waals surface area contributed by atoms with E-state index in [1.54, 1.807) is 0 Å². The van der Waals surface area contributed by atoms with Crippen molar-refractivity contribution in [2.24, 2.45) is 0 Å². The molecule has 27 heavy (non-hydrogen) atoms. The van der Waals surface area contributed by atoms with Crippen molar-refractivity contribution in [1.29, 1.82) is 0 Å². The lowest BCUT2D eigenvalue weighted by atomic mass is 9.96. The normalized spacial score (nSPS) is 16.0. The lowest BCUT2D eigenvalue weighted by molar-refractivity contribution is 0.300. The Morgan fingerprint density at radius 2 is 1.56 bits per heavy atom. The van der Waals surface area contributed by atoms with Crippen LogP contribution in [0.15, 0.2) is 36.4 Å². The van der Waals surface area contributed by atoms with Crippen LogP contribution in [-0.4, -0.2) is 6.04 Å². The molecule has 3 rings (SSSR count). The highest BCUT2D eigenvalue weighted by Gasteiger charge is 2.13. The highest BCUT2D eigenvalue weighted by molar-refractivity contribution is 6.36. The third-order valence-electron chi connectivity index (χ3n) is 5.14. The van der Waals surface area contributed by atoms with Gasteiger partial charge in [-0.2, -0.15) is 0 Å². The van der Waals surface area contributed by atoms with E-state index in [1.807, 2.05) is 36.4 Å². The molecule has 0 aliphatic heterocycles. The minimum absolute atomic E-state index is 0.330. The van der Waals surface area contributed by atoms with Crippen molar-refractivity contribution >= 4 is 34.8 Å². The zero-order chi connectivity index (χ0) is 19.1. The summed E-state index contributed by atoms with van der Waals surface area (Å²) in [5.74, 6) is 0.814. The fourth-order valence-electron chi connectivity index (χ4n) is 3.56. The highest BCUT2D eigenvalue weighted by Crippen LogP contribution is 2.29. The summed E-state index contributed by atoms with van der Waals surface area (Å²) in [6, 6.07) is 11.8. The summed E-state index contributed by atoms with van der Waals surface area (Å²) in [5.41, 5.74) is 1.86. The molecule has 1 aliphatic carbocycles. The van der Waals surface area contributed by atoms with Gasteiger partial charge in [0.25, 0.3) is 0 Å². The zero-order valence-corrected chi connectivity index (χ0v) is 17.7. The van der Waals surface area contributed by atoms with Crippen molar-refractivity contribution in [1.82, 2.24) is 5.32 Å². The second-order valence-corrected chi connectivity index (χ2v) is 8.41. The van der Waals surface area contributed by atoms with Crippen molar-refractivity contribution in [3.05, 3.63) is 62.6 Å². The molecule has 0 heterocycles. The summed E-state index contributed by atoms with van der Waals surface area (Å²) < 4.78 is 6.06. The average molecular weight is 427 g/mol. The molecule has 5 heteroatoms. The maximum absolute atomic E-state index is 6.25. The number of hydrogen-bond acceptors (Lipinski definition) is 2. The van der Waals surface area contributed by atoms with Gasteiger partial charge in [0.1, 0.15) is 12.4 Å². The SMILES string of the molecule is Clc1ccc(OCc2c(Cl)cccc2Cl)c(CNC2CCCCCCC2)c1. The summed E-state index contributed by atoms with van der Waals surface area (Å²) in [6.45, 7) is 1.08. The van der Waals surface area contributed by atoms with Crippen molar-refractivity contribution in [3.63, 3.8) is 0 Å². The van der Waals surface area contributed by atoms with Gasteiger partial charge in [0.05, 0.1) is 0 Å². The molecule has 0 bridgehead atoms. The molecule has 1 N–H and O–H groups in total. The average Bonchev–Trinajstić information content (AvgIpc) is 2.62. The van der Waals surface area contributed by atoms with Crippen LogP contribution in [0.1, 0.15) is 56.1 Å². The van der Waals surface area contributed by atoms with Crippen LogP contribution in [0, 0.1) is 0 Å². The highest BCUT2D eigenvalue weighted by atomic mass is 35.5. The van der Waals surface area contributed by atoms with Crippen molar-refractivity contribution in [3.8, 4) is 5.75 Å². The van der Waals surface area contributed by atoms with Gasteiger partial charge in [0.15, 0.2) is 0 Å². The van der Waals surface area contributed by atoms with Gasteiger partial charge in [0, 0.05) is 38.8 Å². The van der Waals surface area contributed by atoms with Crippen molar-refractivity contribution in [2.75, 3.05) is 0 Å². The van der Waals surface area contributed by atoms with E-state index < -0.39 is 0 Å². The maximum atomic E-state index is 6.25. The molecule has 1 aliphatic rings. The number of benzene rings is 2. The first kappa shape index (κ1) is 20.8. The molecular formula is C22H26Cl3NO. The van der Waals surface area contributed by atoms with Gasteiger partial charge in [-0.25, -0.2) is 0 Å². The number of nitrogens with one attached hydrogen (secondary N) is 1. The molecule has 0 unspecified atom stereocenters. The Hall–Kier alpha value is -0.930. The first-order chi connectivity index (χ1) is 13.1. The van der Waals surface area contributed by atoms with E-state index in [0.29, 0.717) is 27.7 Å². The van der Waals surface area contributed by atoms with Gasteiger partial charge in [-0.05, 0) is 43.2 Å². The van der Waals surface area contributed by atoms with Gasteiger partial charge in [-0.15, -0.1) is 0 Å². The summed E-state index contributed by atoms with van der Waals surface area (Å²) >= 11 is 18.7. The molecule has 2 aromatic carbocycles. The van der Waals surface area contributed by atoms with Crippen LogP contribution in [-0.2, 0) is 13.2 Å². The summed E-state index contributed by atoms with van der Waals surface area (Å²) in [5, 5.41) is 5.65. The van der Waals surface area contributed by atoms with Gasteiger partial charge in [-0.1, -0.05) is 73.0 Å². The Balaban J connectivity index is 1.65. The second-order valence-electron chi connectivity index (χ2n) is 7.16. The van der Waals surface area contributed by atoms with Crippen LogP contribution in [0.25, 0.3) is 0 Å². The Morgan fingerprint density at radius 3 is 2.26 bits per heavy atom. The lowest BCUT2D eigenvalue weighted by Crippen LogP contribution is -2.29. The second kappa shape index (κ2) is 10.6. The Labute approximate surface area is 177 Å². The molecule has 2 nitrogen and oxygen atoms in total. The van der Waals surface area contributed by atoms with E-state index in [-0.39, 0.29) is 0 Å². The Kier molecular flexibility index (Phi) is 8.14. The maximum Gasteiger partial charge on any atom is 0.124 e. The molecule has 1 fully saturated rings. The minimum atomic E-state index is 0.330. The molecule has 146 valence electrons. The Bertz CT molecular complexity index is 722. The predicted octanol–water partition coefficient (Wildman–Crippen LogP) is 7.43. The minimum Gasteiger partial charge on any atom is -0.488 e. The molecule has 2 aromatic rings. The fourth-order valence-corrected chi connectivity index (χ4v) is 4.26. The van der Waals surface area contributed by atoms with E-state index in [1.165, 1.54) is 44.9 Å². The molecule has 0 aromatic heterocycles. The molecular weight excluding hydrogens is 401 g/mol.